The van der Waals surface area contributed by atoms with E-state index in [2.05, 4.69) is 156 Å². The Morgan fingerprint density at radius 1 is 0.410 bits per heavy atom. The first kappa shape index (κ1) is 34.0. The number of rotatable bonds is 4. The second-order valence-electron chi connectivity index (χ2n) is 16.7. The zero-order chi connectivity index (χ0) is 40.3. The first-order valence-electron chi connectivity index (χ1n) is 21.0. The Labute approximate surface area is 350 Å². The van der Waals surface area contributed by atoms with E-state index < -0.39 is 0 Å². The van der Waals surface area contributed by atoms with E-state index >= 15 is 0 Å². The minimum atomic E-state index is -0.0434. The fraction of sp³-hybridized carbons (Fsp3) is 0.0345. The molecule has 0 radical (unpaired) electrons. The average Bonchev–Trinajstić information content (AvgIpc) is 3.31. The molecule has 61 heavy (non-hydrogen) atoms. The summed E-state index contributed by atoms with van der Waals surface area (Å²) >= 11 is 0. The molecule has 3 nitrogen and oxygen atoms in total. The van der Waals surface area contributed by atoms with Crippen LogP contribution in [0.15, 0.2) is 186 Å². The summed E-state index contributed by atoms with van der Waals surface area (Å²) in [7, 11) is 0. The topological polar surface area (TPSA) is 38.5 Å². The molecule has 0 atom stereocenters. The van der Waals surface area contributed by atoms with Gasteiger partial charge in [-0.05, 0) is 126 Å². The SMILES string of the molecule is O=c1c2cccc3c(=O)c4cccc5c(=Cc6ccc7cc(C=Cc8ccc9cc(C%10c%11ccccc%11Cc%11ccccc%11%10)ccc9c8)ccc7c6)c6cccc1c6n(c23)c45. The van der Waals surface area contributed by atoms with Crippen LogP contribution in [0.25, 0.3) is 88.6 Å². The zero-order valence-corrected chi connectivity index (χ0v) is 33.0. The van der Waals surface area contributed by atoms with E-state index in [0.717, 1.165) is 60.9 Å². The van der Waals surface area contributed by atoms with Gasteiger partial charge >= 0.3 is 0 Å². The normalized spacial score (nSPS) is 13.2. The smallest absolute Gasteiger partial charge is 0.197 e. The number of nitrogens with zero attached hydrogens (tertiary/aromatic N) is 1. The summed E-state index contributed by atoms with van der Waals surface area (Å²) in [6.07, 6.45) is 7.58. The molecule has 0 saturated carbocycles. The Morgan fingerprint density at radius 3 is 1.38 bits per heavy atom. The summed E-state index contributed by atoms with van der Waals surface area (Å²) in [5.74, 6) is 0.230. The van der Waals surface area contributed by atoms with Gasteiger partial charge in [-0.3, -0.25) is 9.59 Å². The molecule has 0 spiro atoms. The second kappa shape index (κ2) is 12.8. The van der Waals surface area contributed by atoms with Crippen LogP contribution in [0.2, 0.25) is 0 Å². The van der Waals surface area contributed by atoms with E-state index in [1.165, 1.54) is 38.6 Å². The summed E-state index contributed by atoms with van der Waals surface area (Å²) < 4.78 is 2.17. The molecule has 9 aromatic carbocycles. The van der Waals surface area contributed by atoms with Crippen molar-refractivity contribution in [3.8, 4) is 0 Å². The minimum absolute atomic E-state index is 0.0434. The van der Waals surface area contributed by atoms with Crippen LogP contribution in [-0.4, -0.2) is 4.40 Å². The van der Waals surface area contributed by atoms with Crippen molar-refractivity contribution in [1.29, 1.82) is 0 Å². The molecule has 3 heterocycles. The van der Waals surface area contributed by atoms with Crippen LogP contribution in [0, 0.1) is 0 Å². The summed E-state index contributed by atoms with van der Waals surface area (Å²) in [6.45, 7) is 0. The van der Waals surface area contributed by atoms with Crippen molar-refractivity contribution < 1.29 is 0 Å². The minimum Gasteiger partial charge on any atom is -0.306 e. The molecule has 1 aliphatic carbocycles. The number of benzene rings is 9. The summed E-state index contributed by atoms with van der Waals surface area (Å²) in [5, 5.41) is 10.2. The molecule has 1 aliphatic rings. The molecule has 284 valence electrons. The van der Waals surface area contributed by atoms with Crippen LogP contribution in [0.1, 0.15) is 50.4 Å². The number of hydrogen-bond donors (Lipinski definition) is 0. The van der Waals surface area contributed by atoms with Gasteiger partial charge in [0.05, 0.1) is 16.6 Å². The quantitative estimate of drug-likeness (QED) is 0.101. The van der Waals surface area contributed by atoms with Crippen molar-refractivity contribution in [1.82, 2.24) is 4.40 Å². The van der Waals surface area contributed by atoms with Gasteiger partial charge in [0.25, 0.3) is 0 Å². The van der Waals surface area contributed by atoms with Crippen molar-refractivity contribution in [2.24, 2.45) is 0 Å². The van der Waals surface area contributed by atoms with E-state index in [-0.39, 0.29) is 16.8 Å². The van der Waals surface area contributed by atoms with Crippen molar-refractivity contribution in [2.75, 3.05) is 0 Å². The van der Waals surface area contributed by atoms with E-state index in [1.54, 1.807) is 0 Å². The van der Waals surface area contributed by atoms with E-state index in [1.807, 2.05) is 42.5 Å². The van der Waals surface area contributed by atoms with Crippen LogP contribution in [-0.2, 0) is 6.42 Å². The highest BCUT2D eigenvalue weighted by Gasteiger charge is 2.27. The fourth-order valence-corrected chi connectivity index (χ4v) is 10.5. The van der Waals surface area contributed by atoms with Crippen molar-refractivity contribution in [2.45, 2.75) is 12.3 Å². The second-order valence-corrected chi connectivity index (χ2v) is 16.7. The molecule has 0 bridgehead atoms. The lowest BCUT2D eigenvalue weighted by molar-refractivity contribution is 0.887. The molecule has 0 N–H and O–H groups in total. The van der Waals surface area contributed by atoms with Crippen molar-refractivity contribution in [3.05, 3.63) is 246 Å². The Bertz CT molecular complexity index is 3860. The number of aromatic nitrogens is 1. The third kappa shape index (κ3) is 5.04. The zero-order valence-electron chi connectivity index (χ0n) is 33.0. The van der Waals surface area contributed by atoms with Gasteiger partial charge in [-0.15, -0.1) is 0 Å². The summed E-state index contributed by atoms with van der Waals surface area (Å²) in [5.41, 5.74) is 12.7. The lowest BCUT2D eigenvalue weighted by atomic mass is 9.74. The Kier molecular flexibility index (Phi) is 7.15. The monoisotopic (exact) mass is 777 g/mol. The molecular formula is C58H35NO2. The maximum atomic E-state index is 13.9. The Hall–Kier alpha value is -7.88. The molecule has 13 rings (SSSR count). The van der Waals surface area contributed by atoms with Gasteiger partial charge in [0.1, 0.15) is 0 Å². The number of para-hydroxylation sites is 3. The van der Waals surface area contributed by atoms with Crippen LogP contribution in [0.5, 0.6) is 0 Å². The fourth-order valence-electron chi connectivity index (χ4n) is 10.5. The van der Waals surface area contributed by atoms with Crippen LogP contribution in [0.4, 0.5) is 0 Å². The average molecular weight is 778 g/mol. The highest BCUT2D eigenvalue weighted by Crippen LogP contribution is 2.42. The number of fused-ring (bicyclic) bond motifs is 4. The van der Waals surface area contributed by atoms with Gasteiger partial charge in [0, 0.05) is 38.2 Å². The highest BCUT2D eigenvalue weighted by atomic mass is 16.1. The predicted octanol–water partition coefficient (Wildman–Crippen LogP) is 12.3. The van der Waals surface area contributed by atoms with Crippen LogP contribution >= 0.6 is 0 Å². The lowest BCUT2D eigenvalue weighted by Crippen LogP contribution is -2.19. The number of pyridine rings is 3. The van der Waals surface area contributed by atoms with E-state index in [4.69, 9.17) is 0 Å². The first-order chi connectivity index (χ1) is 30.1. The molecule has 3 aromatic heterocycles. The van der Waals surface area contributed by atoms with E-state index in [9.17, 15) is 9.59 Å². The van der Waals surface area contributed by atoms with Crippen LogP contribution < -0.4 is 16.1 Å². The Morgan fingerprint density at radius 2 is 0.836 bits per heavy atom. The molecule has 0 unspecified atom stereocenters. The van der Waals surface area contributed by atoms with Gasteiger partial charge in [0.15, 0.2) is 10.9 Å². The van der Waals surface area contributed by atoms with Gasteiger partial charge in [-0.25, -0.2) is 0 Å². The third-order valence-corrected chi connectivity index (χ3v) is 13.3. The molecule has 0 amide bonds. The van der Waals surface area contributed by atoms with E-state index in [0.29, 0.717) is 27.1 Å². The van der Waals surface area contributed by atoms with Gasteiger partial charge in [-0.2, -0.15) is 0 Å². The van der Waals surface area contributed by atoms with Gasteiger partial charge < -0.3 is 4.40 Å². The first-order valence-corrected chi connectivity index (χ1v) is 21.0. The largest absolute Gasteiger partial charge is 0.306 e. The lowest BCUT2D eigenvalue weighted by Gasteiger charge is -2.29. The molecule has 0 aliphatic heterocycles. The van der Waals surface area contributed by atoms with Crippen molar-refractivity contribution in [3.63, 3.8) is 0 Å². The Balaban J connectivity index is 0.851. The van der Waals surface area contributed by atoms with Gasteiger partial charge in [0.2, 0.25) is 0 Å². The predicted molar refractivity (Wildman–Crippen MR) is 255 cm³/mol. The van der Waals surface area contributed by atoms with Gasteiger partial charge in [-0.1, -0.05) is 146 Å². The summed E-state index contributed by atoms with van der Waals surface area (Å²) in [6, 6.07) is 62.1. The maximum absolute atomic E-state index is 13.9. The molecule has 3 heteroatoms. The molecule has 0 saturated heterocycles. The molecule has 12 aromatic rings. The summed E-state index contributed by atoms with van der Waals surface area (Å²) in [4.78, 5) is 27.8. The molecule has 0 fully saturated rings. The highest BCUT2D eigenvalue weighted by molar-refractivity contribution is 6.16. The maximum Gasteiger partial charge on any atom is 0.197 e. The number of hydrogen-bond acceptors (Lipinski definition) is 2. The van der Waals surface area contributed by atoms with Crippen molar-refractivity contribution >= 4 is 88.6 Å². The van der Waals surface area contributed by atoms with Crippen LogP contribution in [0.3, 0.4) is 0 Å². The standard InChI is InChI=1S/C58H35NO2/c60-57-48-14-5-12-46-52(47-13-6-15-49-55(47)59(54(46)48)56-50(57)16-7-17-51(56)58(49)61)31-36-22-25-37-28-34(20-23-38(37)30-36)18-19-35-21-24-40-32-43(27-26-39(40)29-35)53-44-10-3-1-8-41(44)33-42-9-2-4-11-45(42)53/h1-32,53H,33H2. The molecular weight excluding hydrogens is 743 g/mol. The third-order valence-electron chi connectivity index (χ3n) is 13.3.